The van der Waals surface area contributed by atoms with Gasteiger partial charge in [0.15, 0.2) is 12.2 Å². The molecular weight excluding hydrogens is 1270 g/mol. The number of rotatable bonds is 76. The maximum atomic E-state index is 13.1. The van der Waals surface area contributed by atoms with E-state index in [0.29, 0.717) is 31.6 Å². The second-order valence-electron chi connectivity index (χ2n) is 29.3. The Morgan fingerprint density at radius 1 is 0.299 bits per heavy atom. The third-order valence-electron chi connectivity index (χ3n) is 18.5. The topological polar surface area (TPSA) is 237 Å². The van der Waals surface area contributed by atoms with Gasteiger partial charge in [-0.2, -0.15) is 0 Å². The molecule has 0 bridgehead atoms. The first-order valence-corrected chi connectivity index (χ1v) is 43.4. The number of ether oxygens (including phenoxy) is 4. The molecule has 0 saturated heterocycles. The molecule has 0 rings (SSSR count). The third-order valence-corrected chi connectivity index (χ3v) is 20.4. The summed E-state index contributed by atoms with van der Waals surface area (Å²) in [5.74, 6) is 0.228. The SMILES string of the molecule is CCCCCCCCCC(=O)OC[C@H](COP(=O)(O)OC[C@H](O)COP(=O)(O)OC[C@@H](COC(=O)CCCCCCCCCCCCCCCCCCC(C)C)OC(=O)CCCCCCCCCCCCCCCCCCCCC(C)CC)OC(=O)CCCCCCCCC(C)C. The third kappa shape index (κ3) is 70.9. The lowest BCUT2D eigenvalue weighted by atomic mass is 9.99. The smallest absolute Gasteiger partial charge is 0.462 e. The lowest BCUT2D eigenvalue weighted by molar-refractivity contribution is -0.161. The van der Waals surface area contributed by atoms with Crippen molar-refractivity contribution >= 4 is 39.5 Å². The first-order chi connectivity index (χ1) is 46.8. The van der Waals surface area contributed by atoms with Crippen LogP contribution in [0, 0.1) is 17.8 Å². The Morgan fingerprint density at radius 3 is 0.784 bits per heavy atom. The summed E-state index contributed by atoms with van der Waals surface area (Å²) in [6, 6.07) is 0. The average molecular weight is 1420 g/mol. The second-order valence-corrected chi connectivity index (χ2v) is 32.2. The van der Waals surface area contributed by atoms with Gasteiger partial charge in [0.25, 0.3) is 0 Å². The van der Waals surface area contributed by atoms with Gasteiger partial charge < -0.3 is 33.8 Å². The van der Waals surface area contributed by atoms with E-state index in [2.05, 4.69) is 48.5 Å². The molecule has 0 aromatic rings. The van der Waals surface area contributed by atoms with Crippen LogP contribution in [0.4, 0.5) is 0 Å². The van der Waals surface area contributed by atoms with E-state index < -0.39 is 97.5 Å². The fourth-order valence-corrected chi connectivity index (χ4v) is 13.5. The van der Waals surface area contributed by atoms with Crippen LogP contribution in [0.3, 0.4) is 0 Å². The van der Waals surface area contributed by atoms with Gasteiger partial charge in [-0.05, 0) is 43.4 Å². The fourth-order valence-electron chi connectivity index (χ4n) is 11.9. The van der Waals surface area contributed by atoms with Crippen molar-refractivity contribution in [2.75, 3.05) is 39.6 Å². The second kappa shape index (κ2) is 68.5. The molecule has 0 amide bonds. The molecule has 0 aliphatic carbocycles. The van der Waals surface area contributed by atoms with Gasteiger partial charge in [-0.3, -0.25) is 37.3 Å². The summed E-state index contributed by atoms with van der Waals surface area (Å²) in [6.07, 6.45) is 56.0. The minimum absolute atomic E-state index is 0.102. The van der Waals surface area contributed by atoms with Gasteiger partial charge >= 0.3 is 39.5 Å². The number of phosphoric ester groups is 2. The highest BCUT2D eigenvalue weighted by molar-refractivity contribution is 7.47. The molecule has 576 valence electrons. The Bertz CT molecular complexity index is 1890. The van der Waals surface area contributed by atoms with Gasteiger partial charge in [0.05, 0.1) is 26.4 Å². The molecule has 6 atom stereocenters. The normalized spacial score (nSPS) is 14.3. The number of aliphatic hydroxyl groups excluding tert-OH is 1. The Hall–Kier alpha value is -1.94. The van der Waals surface area contributed by atoms with Crippen molar-refractivity contribution in [3.05, 3.63) is 0 Å². The number of phosphoric acid groups is 2. The predicted octanol–water partition coefficient (Wildman–Crippen LogP) is 23.0. The van der Waals surface area contributed by atoms with E-state index in [-0.39, 0.29) is 25.7 Å². The molecule has 97 heavy (non-hydrogen) atoms. The molecular formula is C78H152O17P2. The van der Waals surface area contributed by atoms with Crippen LogP contribution in [0.15, 0.2) is 0 Å². The van der Waals surface area contributed by atoms with Crippen molar-refractivity contribution < 1.29 is 80.2 Å². The zero-order valence-electron chi connectivity index (χ0n) is 63.5. The van der Waals surface area contributed by atoms with Crippen LogP contribution in [-0.2, 0) is 65.4 Å². The van der Waals surface area contributed by atoms with Gasteiger partial charge in [-0.1, -0.05) is 350 Å². The predicted molar refractivity (Wildman–Crippen MR) is 395 cm³/mol. The maximum absolute atomic E-state index is 13.1. The summed E-state index contributed by atoms with van der Waals surface area (Å²) in [7, 11) is -9.91. The van der Waals surface area contributed by atoms with Crippen LogP contribution in [0.2, 0.25) is 0 Å². The summed E-state index contributed by atoms with van der Waals surface area (Å²) in [4.78, 5) is 72.6. The van der Waals surface area contributed by atoms with Crippen molar-refractivity contribution in [1.82, 2.24) is 0 Å². The Kier molecular flexibility index (Phi) is 67.1. The molecule has 19 heteroatoms. The monoisotopic (exact) mass is 1420 g/mol. The molecule has 0 spiro atoms. The molecule has 0 aromatic heterocycles. The Morgan fingerprint density at radius 2 is 0.526 bits per heavy atom. The minimum atomic E-state index is -4.96. The van der Waals surface area contributed by atoms with E-state index in [1.807, 2.05) is 0 Å². The largest absolute Gasteiger partial charge is 0.472 e. The highest BCUT2D eigenvalue weighted by Gasteiger charge is 2.30. The molecule has 0 aromatic carbocycles. The molecule has 0 fully saturated rings. The maximum Gasteiger partial charge on any atom is 0.472 e. The summed E-state index contributed by atoms with van der Waals surface area (Å²) in [6.45, 7) is 11.9. The lowest BCUT2D eigenvalue weighted by Gasteiger charge is -2.21. The van der Waals surface area contributed by atoms with Crippen LogP contribution >= 0.6 is 15.6 Å². The number of hydrogen-bond acceptors (Lipinski definition) is 15. The van der Waals surface area contributed by atoms with Crippen LogP contribution in [0.1, 0.15) is 402 Å². The quantitative estimate of drug-likeness (QED) is 0.0222. The molecule has 0 radical (unpaired) electrons. The van der Waals surface area contributed by atoms with Crippen LogP contribution in [-0.4, -0.2) is 96.7 Å². The number of esters is 4. The van der Waals surface area contributed by atoms with Crippen molar-refractivity contribution in [2.24, 2.45) is 17.8 Å². The van der Waals surface area contributed by atoms with E-state index in [0.717, 1.165) is 115 Å². The molecule has 0 saturated carbocycles. The van der Waals surface area contributed by atoms with E-state index in [9.17, 15) is 43.2 Å². The minimum Gasteiger partial charge on any atom is -0.462 e. The van der Waals surface area contributed by atoms with Crippen molar-refractivity contribution in [2.45, 2.75) is 420 Å². The summed E-state index contributed by atoms with van der Waals surface area (Å²) in [5, 5.41) is 10.6. The lowest BCUT2D eigenvalue weighted by Crippen LogP contribution is -2.30. The zero-order valence-corrected chi connectivity index (χ0v) is 65.3. The van der Waals surface area contributed by atoms with Crippen molar-refractivity contribution in [3.63, 3.8) is 0 Å². The number of aliphatic hydroxyl groups is 1. The van der Waals surface area contributed by atoms with E-state index in [1.165, 1.54) is 199 Å². The highest BCUT2D eigenvalue weighted by Crippen LogP contribution is 2.45. The van der Waals surface area contributed by atoms with E-state index >= 15 is 0 Å². The molecule has 0 aliphatic heterocycles. The molecule has 3 N–H and O–H groups in total. The van der Waals surface area contributed by atoms with Crippen LogP contribution < -0.4 is 0 Å². The summed E-state index contributed by atoms with van der Waals surface area (Å²) in [5.41, 5.74) is 0. The van der Waals surface area contributed by atoms with E-state index in [1.54, 1.807) is 0 Å². The van der Waals surface area contributed by atoms with E-state index in [4.69, 9.17) is 37.0 Å². The average Bonchev–Trinajstić information content (AvgIpc) is 2.38. The van der Waals surface area contributed by atoms with Crippen LogP contribution in [0.5, 0.6) is 0 Å². The van der Waals surface area contributed by atoms with Gasteiger partial charge in [-0.25, -0.2) is 9.13 Å². The molecule has 3 unspecified atom stereocenters. The fraction of sp³-hybridized carbons (Fsp3) is 0.949. The standard InChI is InChI=1S/C78H152O17P2/c1-8-10-11-12-35-45-52-59-75(80)88-65-74(95-78(83)62-55-48-41-40-43-50-57-70(5)6)68-93-97(86,87)91-64-72(79)63-90-96(84,85)92-67-73(66-89-76(81)60-53-46-38-33-29-25-21-18-17-19-23-27-31-36-42-49-56-69(3)4)94-77(82)61-54-47-39-34-30-26-22-16-14-13-15-20-24-28-32-37-44-51-58-71(7)9-2/h69-74,79H,8-68H2,1-7H3,(H,84,85)(H,86,87)/t71?,72-,73-,74-/m1/s1. The Labute approximate surface area is 594 Å². The number of carbonyl (C=O) groups is 4. The van der Waals surface area contributed by atoms with Crippen molar-refractivity contribution in [3.8, 4) is 0 Å². The van der Waals surface area contributed by atoms with Gasteiger partial charge in [0, 0.05) is 25.7 Å². The zero-order chi connectivity index (χ0) is 71.6. The highest BCUT2D eigenvalue weighted by atomic mass is 31.2. The van der Waals surface area contributed by atoms with Crippen LogP contribution in [0.25, 0.3) is 0 Å². The van der Waals surface area contributed by atoms with Gasteiger partial charge in [-0.15, -0.1) is 0 Å². The first-order valence-electron chi connectivity index (χ1n) is 40.4. The van der Waals surface area contributed by atoms with Crippen molar-refractivity contribution in [1.29, 1.82) is 0 Å². The molecule has 0 heterocycles. The Balaban J connectivity index is 5.13. The number of carbonyl (C=O) groups excluding carboxylic acids is 4. The molecule has 0 aliphatic rings. The number of unbranched alkanes of at least 4 members (excludes halogenated alkanes) is 43. The summed E-state index contributed by atoms with van der Waals surface area (Å²) < 4.78 is 68.4. The van der Waals surface area contributed by atoms with Gasteiger partial charge in [0.1, 0.15) is 19.3 Å². The number of hydrogen-bond donors (Lipinski definition) is 3. The molecule has 17 nitrogen and oxygen atoms in total. The van der Waals surface area contributed by atoms with Gasteiger partial charge in [0.2, 0.25) is 0 Å². The first kappa shape index (κ1) is 95.1. The summed E-state index contributed by atoms with van der Waals surface area (Å²) >= 11 is 0.